The minimum Gasteiger partial charge on any atom is -0.308 e. The van der Waals surface area contributed by atoms with E-state index in [1.807, 2.05) is 0 Å². The van der Waals surface area contributed by atoms with Crippen molar-refractivity contribution in [3.8, 4) is 0 Å². The number of nitro groups is 1. The number of carbonyl (C=O) groups is 1. The number of non-ortho nitro benzene ring substituents is 1. The second-order valence-corrected chi connectivity index (χ2v) is 9.75. The first-order valence-corrected chi connectivity index (χ1v) is 11.6. The predicted octanol–water partition coefficient (Wildman–Crippen LogP) is 3.15. The molecule has 1 aliphatic rings. The Morgan fingerprint density at radius 2 is 1.94 bits per heavy atom. The van der Waals surface area contributed by atoms with Crippen molar-refractivity contribution in [1.82, 2.24) is 10.2 Å². The zero-order chi connectivity index (χ0) is 22.2. The van der Waals surface area contributed by atoms with Gasteiger partial charge in [-0.1, -0.05) is 11.3 Å². The number of nitrogens with one attached hydrogen (secondary N) is 1. The van der Waals surface area contributed by atoms with E-state index in [0.29, 0.717) is 35.6 Å². The van der Waals surface area contributed by atoms with E-state index in [0.717, 1.165) is 16.9 Å². The molecule has 12 heteroatoms. The quantitative estimate of drug-likeness (QED) is 0.457. The second kappa shape index (κ2) is 8.04. The van der Waals surface area contributed by atoms with Crippen LogP contribution >= 0.6 is 11.3 Å². The van der Waals surface area contributed by atoms with Gasteiger partial charge in [-0.25, -0.2) is 8.42 Å². The van der Waals surface area contributed by atoms with Crippen LogP contribution in [-0.4, -0.2) is 36.0 Å². The number of carbonyl (C=O) groups excluding carboxylic acids is 1. The first-order chi connectivity index (χ1) is 14.7. The molecule has 4 rings (SSSR count). The highest BCUT2D eigenvalue weighted by Gasteiger charge is 2.26. The van der Waals surface area contributed by atoms with Crippen LogP contribution in [0.25, 0.3) is 0 Å². The van der Waals surface area contributed by atoms with Crippen molar-refractivity contribution in [2.75, 3.05) is 16.2 Å². The largest absolute Gasteiger partial charge is 0.308 e. The first kappa shape index (κ1) is 20.9. The summed E-state index contributed by atoms with van der Waals surface area (Å²) in [7, 11) is -3.85. The number of benzene rings is 2. The lowest BCUT2D eigenvalue weighted by Gasteiger charge is -2.30. The Kier molecular flexibility index (Phi) is 5.41. The summed E-state index contributed by atoms with van der Waals surface area (Å²) >= 11 is 1.14. The average Bonchev–Trinajstić information content (AvgIpc) is 3.16. The first-order valence-electron chi connectivity index (χ1n) is 9.27. The molecule has 160 valence electrons. The molecule has 0 unspecified atom stereocenters. The smallest absolute Gasteiger partial charge is 0.269 e. The number of rotatable bonds is 5. The van der Waals surface area contributed by atoms with Crippen LogP contribution in [-0.2, 0) is 16.4 Å². The van der Waals surface area contributed by atoms with E-state index < -0.39 is 14.9 Å². The van der Waals surface area contributed by atoms with E-state index in [9.17, 15) is 23.3 Å². The molecule has 0 bridgehead atoms. The van der Waals surface area contributed by atoms with Crippen LogP contribution in [0.1, 0.15) is 27.3 Å². The van der Waals surface area contributed by atoms with Gasteiger partial charge in [0.15, 0.2) is 0 Å². The number of anilines is 2. The maximum absolute atomic E-state index is 13.0. The predicted molar refractivity (Wildman–Crippen MR) is 115 cm³/mol. The van der Waals surface area contributed by atoms with Crippen molar-refractivity contribution in [2.24, 2.45) is 0 Å². The van der Waals surface area contributed by atoms with Crippen LogP contribution in [0.2, 0.25) is 0 Å². The van der Waals surface area contributed by atoms with E-state index >= 15 is 0 Å². The fourth-order valence-electron chi connectivity index (χ4n) is 3.34. The third-order valence-corrected chi connectivity index (χ3v) is 7.02. The molecule has 2 aromatic carbocycles. The van der Waals surface area contributed by atoms with Crippen LogP contribution in [0.4, 0.5) is 16.5 Å². The van der Waals surface area contributed by atoms with Crippen molar-refractivity contribution in [1.29, 1.82) is 0 Å². The van der Waals surface area contributed by atoms with E-state index in [2.05, 4.69) is 14.9 Å². The van der Waals surface area contributed by atoms with E-state index in [4.69, 9.17) is 0 Å². The molecule has 0 fully saturated rings. The molecule has 0 radical (unpaired) electrons. The van der Waals surface area contributed by atoms with Crippen molar-refractivity contribution < 1.29 is 18.1 Å². The molecule has 1 amide bonds. The number of nitro benzene ring substituents is 1. The number of nitrogens with zero attached hydrogens (tertiary/aromatic N) is 4. The molecular formula is C19H17N5O5S2. The molecule has 1 aliphatic heterocycles. The number of amides is 1. The molecule has 1 N–H and O–H groups in total. The SMILES string of the molecule is Cc1nnc(NS(=O)(=O)c2ccc3c(c2)CCCN3C(=O)c2ccc([N+](=O)[O-])cc2)s1. The van der Waals surface area contributed by atoms with Gasteiger partial charge in [0.2, 0.25) is 5.13 Å². The Bertz CT molecular complexity index is 1270. The third-order valence-electron chi connectivity index (χ3n) is 4.80. The molecule has 0 spiro atoms. The van der Waals surface area contributed by atoms with Gasteiger partial charge in [0, 0.05) is 29.9 Å². The Morgan fingerprint density at radius 1 is 1.19 bits per heavy atom. The Hall–Kier alpha value is -3.38. The average molecular weight is 460 g/mol. The van der Waals surface area contributed by atoms with Crippen LogP contribution in [0, 0.1) is 17.0 Å². The molecule has 0 saturated heterocycles. The Morgan fingerprint density at radius 3 is 2.58 bits per heavy atom. The van der Waals surface area contributed by atoms with E-state index in [-0.39, 0.29) is 21.6 Å². The normalized spacial score (nSPS) is 13.5. The molecule has 0 aliphatic carbocycles. The van der Waals surface area contributed by atoms with Crippen molar-refractivity contribution in [3.63, 3.8) is 0 Å². The van der Waals surface area contributed by atoms with Gasteiger partial charge in [0.05, 0.1) is 9.82 Å². The molecule has 1 aromatic heterocycles. The van der Waals surface area contributed by atoms with Gasteiger partial charge in [-0.15, -0.1) is 10.2 Å². The Labute approximate surface area is 181 Å². The van der Waals surface area contributed by atoms with Crippen LogP contribution < -0.4 is 9.62 Å². The molecule has 2 heterocycles. The fourth-order valence-corrected chi connectivity index (χ4v) is 5.22. The number of aromatic nitrogens is 2. The summed E-state index contributed by atoms with van der Waals surface area (Å²) in [6.45, 7) is 2.20. The van der Waals surface area contributed by atoms with Gasteiger partial charge in [-0.2, -0.15) is 0 Å². The topological polar surface area (TPSA) is 135 Å². The second-order valence-electron chi connectivity index (χ2n) is 6.89. The van der Waals surface area contributed by atoms with Crippen LogP contribution in [0.15, 0.2) is 47.4 Å². The lowest BCUT2D eigenvalue weighted by atomic mass is 10.0. The number of aryl methyl sites for hydroxylation is 2. The van der Waals surface area contributed by atoms with Gasteiger partial charge < -0.3 is 4.90 Å². The third kappa shape index (κ3) is 4.25. The zero-order valence-electron chi connectivity index (χ0n) is 16.3. The van der Waals surface area contributed by atoms with Gasteiger partial charge >= 0.3 is 0 Å². The molecule has 0 atom stereocenters. The summed E-state index contributed by atoms with van der Waals surface area (Å²) in [4.78, 5) is 24.9. The molecule has 3 aromatic rings. The molecule has 10 nitrogen and oxygen atoms in total. The number of sulfonamides is 1. The minimum absolute atomic E-state index is 0.0729. The maximum Gasteiger partial charge on any atom is 0.269 e. The van der Waals surface area contributed by atoms with Crippen molar-refractivity contribution in [2.45, 2.75) is 24.7 Å². The van der Waals surface area contributed by atoms with Crippen molar-refractivity contribution >= 4 is 43.8 Å². The van der Waals surface area contributed by atoms with Gasteiger partial charge in [-0.05, 0) is 55.7 Å². The summed E-state index contributed by atoms with van der Waals surface area (Å²) in [5.74, 6) is -0.297. The molecule has 0 saturated carbocycles. The highest BCUT2D eigenvalue weighted by atomic mass is 32.2. The van der Waals surface area contributed by atoms with Gasteiger partial charge in [0.1, 0.15) is 5.01 Å². The summed E-state index contributed by atoms with van der Waals surface area (Å²) in [5, 5.41) is 19.2. The fraction of sp³-hybridized carbons (Fsp3) is 0.211. The number of hydrogen-bond donors (Lipinski definition) is 1. The maximum atomic E-state index is 13.0. The van der Waals surface area contributed by atoms with Crippen LogP contribution in [0.5, 0.6) is 0 Å². The highest BCUT2D eigenvalue weighted by Crippen LogP contribution is 2.31. The van der Waals surface area contributed by atoms with Crippen molar-refractivity contribution in [3.05, 3.63) is 68.7 Å². The molecular weight excluding hydrogens is 442 g/mol. The van der Waals surface area contributed by atoms with E-state index in [1.165, 1.54) is 30.3 Å². The lowest BCUT2D eigenvalue weighted by Crippen LogP contribution is -2.35. The van der Waals surface area contributed by atoms with E-state index in [1.54, 1.807) is 24.0 Å². The molecule has 31 heavy (non-hydrogen) atoms. The summed E-state index contributed by atoms with van der Waals surface area (Å²) in [6, 6.07) is 10.0. The lowest BCUT2D eigenvalue weighted by molar-refractivity contribution is -0.384. The summed E-state index contributed by atoms with van der Waals surface area (Å²) in [5.41, 5.74) is 1.59. The number of fused-ring (bicyclic) bond motifs is 1. The monoisotopic (exact) mass is 459 g/mol. The number of hydrogen-bond acceptors (Lipinski definition) is 8. The summed E-state index contributed by atoms with van der Waals surface area (Å²) in [6.07, 6.45) is 1.29. The van der Waals surface area contributed by atoms with Gasteiger partial charge in [0.25, 0.3) is 21.6 Å². The highest BCUT2D eigenvalue weighted by molar-refractivity contribution is 7.93. The summed E-state index contributed by atoms with van der Waals surface area (Å²) < 4.78 is 27.8. The van der Waals surface area contributed by atoms with Crippen LogP contribution in [0.3, 0.4) is 0 Å². The zero-order valence-corrected chi connectivity index (χ0v) is 17.9. The minimum atomic E-state index is -3.85. The van der Waals surface area contributed by atoms with Gasteiger partial charge in [-0.3, -0.25) is 19.6 Å². The standard InChI is InChI=1S/C19H17N5O5S2/c1-12-20-21-19(30-12)22-31(28,29)16-8-9-17-14(11-16)3-2-10-23(17)18(25)13-4-6-15(7-5-13)24(26)27/h4-9,11H,2-3,10H2,1H3,(H,21,22). The Balaban J connectivity index is 1.61.